The van der Waals surface area contributed by atoms with Crippen LogP contribution >= 0.6 is 0 Å². The molecule has 0 bridgehead atoms. The van der Waals surface area contributed by atoms with Gasteiger partial charge in [0.05, 0.1) is 17.4 Å². The van der Waals surface area contributed by atoms with Crippen LogP contribution in [0.15, 0.2) is 37.3 Å². The highest BCUT2D eigenvalue weighted by molar-refractivity contribution is 5.89. The van der Waals surface area contributed by atoms with Crippen molar-refractivity contribution in [3.63, 3.8) is 0 Å². The van der Waals surface area contributed by atoms with Gasteiger partial charge in [-0.25, -0.2) is 0 Å². The third-order valence-corrected chi connectivity index (χ3v) is 2.02. The van der Waals surface area contributed by atoms with E-state index in [-0.39, 0.29) is 0 Å². The van der Waals surface area contributed by atoms with E-state index in [0.717, 1.165) is 17.4 Å². The average molecular weight is 173 g/mol. The number of nitrogen functional groups attached to an aromatic ring is 1. The molecular formula is C10H11N3. The number of anilines is 1. The van der Waals surface area contributed by atoms with E-state index in [0.29, 0.717) is 5.69 Å². The van der Waals surface area contributed by atoms with Crippen LogP contribution in [-0.2, 0) is 6.54 Å². The van der Waals surface area contributed by atoms with Crippen molar-refractivity contribution in [3.05, 3.63) is 37.3 Å². The molecule has 0 aromatic carbocycles. The van der Waals surface area contributed by atoms with Crippen LogP contribution in [0, 0.1) is 0 Å². The van der Waals surface area contributed by atoms with Gasteiger partial charge in [-0.1, -0.05) is 6.08 Å². The Balaban J connectivity index is 2.70. The summed E-state index contributed by atoms with van der Waals surface area (Å²) >= 11 is 0. The number of rotatable bonds is 2. The van der Waals surface area contributed by atoms with Gasteiger partial charge in [0.1, 0.15) is 0 Å². The summed E-state index contributed by atoms with van der Waals surface area (Å²) in [6.07, 6.45) is 7.32. The van der Waals surface area contributed by atoms with Gasteiger partial charge in [-0.3, -0.25) is 4.98 Å². The average Bonchev–Trinajstić information content (AvgIpc) is 2.51. The Morgan fingerprint density at radius 2 is 2.38 bits per heavy atom. The summed E-state index contributed by atoms with van der Waals surface area (Å²) in [4.78, 5) is 4.02. The molecule has 0 aliphatic carbocycles. The van der Waals surface area contributed by atoms with Crippen molar-refractivity contribution >= 4 is 16.6 Å². The zero-order valence-electron chi connectivity index (χ0n) is 7.27. The standard InChI is InChI=1S/C10H11N3/c1-2-4-13-5-3-8-6-12-7-9(11)10(8)13/h2-3,5-7H,1,4,11H2. The van der Waals surface area contributed by atoms with Gasteiger partial charge in [0, 0.05) is 24.3 Å². The van der Waals surface area contributed by atoms with Crippen LogP contribution in [0.2, 0.25) is 0 Å². The van der Waals surface area contributed by atoms with Crippen LogP contribution in [0.5, 0.6) is 0 Å². The minimum absolute atomic E-state index is 0.712. The third kappa shape index (κ3) is 1.18. The highest BCUT2D eigenvalue weighted by Gasteiger charge is 2.02. The minimum atomic E-state index is 0.712. The third-order valence-electron chi connectivity index (χ3n) is 2.02. The zero-order chi connectivity index (χ0) is 9.26. The molecular weight excluding hydrogens is 162 g/mol. The largest absolute Gasteiger partial charge is 0.396 e. The Labute approximate surface area is 76.5 Å². The first kappa shape index (κ1) is 7.86. The maximum Gasteiger partial charge on any atom is 0.0748 e. The van der Waals surface area contributed by atoms with Gasteiger partial charge in [-0.05, 0) is 6.07 Å². The summed E-state index contributed by atoms with van der Waals surface area (Å²) < 4.78 is 2.05. The van der Waals surface area contributed by atoms with Crippen LogP contribution in [0.25, 0.3) is 10.9 Å². The van der Waals surface area contributed by atoms with Crippen molar-refractivity contribution in [1.82, 2.24) is 9.55 Å². The van der Waals surface area contributed by atoms with Gasteiger partial charge in [0.15, 0.2) is 0 Å². The second-order valence-corrected chi connectivity index (χ2v) is 2.92. The summed E-state index contributed by atoms with van der Waals surface area (Å²) in [6.45, 7) is 4.47. The fraction of sp³-hybridized carbons (Fsp3) is 0.100. The number of fused-ring (bicyclic) bond motifs is 1. The summed E-state index contributed by atoms with van der Waals surface area (Å²) in [5, 5.41) is 1.07. The van der Waals surface area contributed by atoms with Crippen LogP contribution in [-0.4, -0.2) is 9.55 Å². The van der Waals surface area contributed by atoms with Crippen molar-refractivity contribution in [1.29, 1.82) is 0 Å². The molecule has 2 rings (SSSR count). The molecule has 2 N–H and O–H groups in total. The molecule has 2 aromatic rings. The Kier molecular flexibility index (Phi) is 1.77. The normalized spacial score (nSPS) is 10.5. The fourth-order valence-corrected chi connectivity index (χ4v) is 1.48. The predicted octanol–water partition coefficient (Wildman–Crippen LogP) is 1.80. The molecule has 2 heterocycles. The summed E-state index contributed by atoms with van der Waals surface area (Å²) in [5.41, 5.74) is 7.56. The van der Waals surface area contributed by atoms with Gasteiger partial charge in [0.2, 0.25) is 0 Å². The molecule has 3 nitrogen and oxygen atoms in total. The fourth-order valence-electron chi connectivity index (χ4n) is 1.48. The maximum atomic E-state index is 5.81. The van der Waals surface area contributed by atoms with Gasteiger partial charge < -0.3 is 10.3 Å². The molecule has 0 radical (unpaired) electrons. The Morgan fingerprint density at radius 3 is 3.15 bits per heavy atom. The molecule has 3 heteroatoms. The Morgan fingerprint density at radius 1 is 1.54 bits per heavy atom. The topological polar surface area (TPSA) is 43.8 Å². The lowest BCUT2D eigenvalue weighted by atomic mass is 10.3. The summed E-state index contributed by atoms with van der Waals surface area (Å²) in [7, 11) is 0. The van der Waals surface area contributed by atoms with Crippen molar-refractivity contribution in [3.8, 4) is 0 Å². The smallest absolute Gasteiger partial charge is 0.0748 e. The molecule has 0 saturated carbocycles. The molecule has 2 aromatic heterocycles. The van der Waals surface area contributed by atoms with E-state index in [4.69, 9.17) is 5.73 Å². The summed E-state index contributed by atoms with van der Waals surface area (Å²) in [5.74, 6) is 0. The number of nitrogens with zero attached hydrogens (tertiary/aromatic N) is 2. The van der Waals surface area contributed by atoms with E-state index in [9.17, 15) is 0 Å². The summed E-state index contributed by atoms with van der Waals surface area (Å²) in [6, 6.07) is 2.00. The Bertz CT molecular complexity index is 442. The highest BCUT2D eigenvalue weighted by atomic mass is 15.0. The molecule has 0 unspecified atom stereocenters. The number of nitrogens with two attached hydrogens (primary N) is 1. The molecule has 0 amide bonds. The first-order chi connectivity index (χ1) is 6.33. The molecule has 0 aliphatic heterocycles. The lowest BCUT2D eigenvalue weighted by Gasteiger charge is -2.02. The predicted molar refractivity (Wildman–Crippen MR) is 54.3 cm³/mol. The van der Waals surface area contributed by atoms with E-state index < -0.39 is 0 Å². The second kappa shape index (κ2) is 2.94. The van der Waals surface area contributed by atoms with Crippen LogP contribution < -0.4 is 5.73 Å². The molecule has 66 valence electrons. The quantitative estimate of drug-likeness (QED) is 0.704. The van der Waals surface area contributed by atoms with E-state index in [1.807, 2.05) is 24.5 Å². The number of allylic oxidation sites excluding steroid dienone is 1. The Hall–Kier alpha value is -1.77. The SMILES string of the molecule is C=CCn1ccc2cncc(N)c21. The van der Waals surface area contributed by atoms with Gasteiger partial charge in [-0.15, -0.1) is 6.58 Å². The lowest BCUT2D eigenvalue weighted by molar-refractivity contribution is 0.866. The number of aromatic nitrogens is 2. The van der Waals surface area contributed by atoms with Crippen molar-refractivity contribution < 1.29 is 0 Å². The molecule has 0 saturated heterocycles. The van der Waals surface area contributed by atoms with Gasteiger partial charge in [-0.2, -0.15) is 0 Å². The van der Waals surface area contributed by atoms with Crippen molar-refractivity contribution in [2.75, 3.05) is 5.73 Å². The molecule has 13 heavy (non-hydrogen) atoms. The van der Waals surface area contributed by atoms with Crippen LogP contribution in [0.3, 0.4) is 0 Å². The monoisotopic (exact) mass is 173 g/mol. The van der Waals surface area contributed by atoms with Crippen LogP contribution in [0.1, 0.15) is 0 Å². The lowest BCUT2D eigenvalue weighted by Crippen LogP contribution is -1.96. The van der Waals surface area contributed by atoms with E-state index in [1.54, 1.807) is 6.20 Å². The molecule has 0 fully saturated rings. The first-order valence-electron chi connectivity index (χ1n) is 4.12. The molecule has 0 spiro atoms. The van der Waals surface area contributed by atoms with E-state index >= 15 is 0 Å². The zero-order valence-corrected chi connectivity index (χ0v) is 7.27. The number of hydrogen-bond donors (Lipinski definition) is 1. The van der Waals surface area contributed by atoms with Crippen LogP contribution in [0.4, 0.5) is 5.69 Å². The van der Waals surface area contributed by atoms with Crippen molar-refractivity contribution in [2.24, 2.45) is 0 Å². The van der Waals surface area contributed by atoms with Gasteiger partial charge >= 0.3 is 0 Å². The highest BCUT2D eigenvalue weighted by Crippen LogP contribution is 2.20. The van der Waals surface area contributed by atoms with E-state index in [2.05, 4.69) is 16.1 Å². The van der Waals surface area contributed by atoms with Gasteiger partial charge in [0.25, 0.3) is 0 Å². The number of pyridine rings is 1. The molecule has 0 atom stereocenters. The number of hydrogen-bond acceptors (Lipinski definition) is 2. The maximum absolute atomic E-state index is 5.81. The second-order valence-electron chi connectivity index (χ2n) is 2.92. The minimum Gasteiger partial charge on any atom is -0.396 e. The van der Waals surface area contributed by atoms with Crippen molar-refractivity contribution in [2.45, 2.75) is 6.54 Å². The van der Waals surface area contributed by atoms with E-state index in [1.165, 1.54) is 0 Å². The first-order valence-corrected chi connectivity index (χ1v) is 4.12. The molecule has 0 aliphatic rings.